The van der Waals surface area contributed by atoms with Crippen LogP contribution in [0, 0.1) is 0 Å². The molecule has 0 aliphatic carbocycles. The minimum Gasteiger partial charge on any atom is -0.455 e. The van der Waals surface area contributed by atoms with Gasteiger partial charge in [0.1, 0.15) is 11.5 Å². The lowest BCUT2D eigenvalue weighted by atomic mass is 10.3. The average molecular weight is 298 g/mol. The van der Waals surface area contributed by atoms with Gasteiger partial charge in [0.15, 0.2) is 9.84 Å². The molecule has 0 spiro atoms. The van der Waals surface area contributed by atoms with Gasteiger partial charge in [-0.25, -0.2) is 8.42 Å². The van der Waals surface area contributed by atoms with Gasteiger partial charge in [0.2, 0.25) is 0 Å². The quantitative estimate of drug-likeness (QED) is 0.884. The predicted octanol–water partition coefficient (Wildman–Crippen LogP) is 3.12. The molecule has 0 atom stereocenters. The molecule has 0 bridgehead atoms. The highest BCUT2D eigenvalue weighted by Gasteiger charge is 2.07. The minimum atomic E-state index is -3.20. The molecular formula is C13H12ClNO3S. The largest absolute Gasteiger partial charge is 0.455 e. The maximum absolute atomic E-state index is 11.3. The third kappa shape index (κ3) is 3.39. The molecule has 4 nitrogen and oxygen atoms in total. The molecule has 0 aliphatic rings. The van der Waals surface area contributed by atoms with E-state index < -0.39 is 9.84 Å². The zero-order valence-corrected chi connectivity index (χ0v) is 11.7. The van der Waals surface area contributed by atoms with E-state index in [0.29, 0.717) is 22.2 Å². The molecule has 2 aromatic carbocycles. The summed E-state index contributed by atoms with van der Waals surface area (Å²) in [7, 11) is -3.20. The molecule has 0 amide bonds. The summed E-state index contributed by atoms with van der Waals surface area (Å²) in [5, 5.41) is 0.525. The van der Waals surface area contributed by atoms with E-state index in [1.807, 2.05) is 0 Å². The van der Waals surface area contributed by atoms with Crippen LogP contribution in [0.3, 0.4) is 0 Å². The minimum absolute atomic E-state index is 0.240. The first kappa shape index (κ1) is 13.7. The Morgan fingerprint density at radius 3 is 2.26 bits per heavy atom. The van der Waals surface area contributed by atoms with E-state index in [9.17, 15) is 8.42 Å². The van der Waals surface area contributed by atoms with Crippen LogP contribution < -0.4 is 10.5 Å². The Kier molecular flexibility index (Phi) is 3.68. The molecule has 100 valence electrons. The summed E-state index contributed by atoms with van der Waals surface area (Å²) < 4.78 is 28.2. The summed E-state index contributed by atoms with van der Waals surface area (Å²) in [6.45, 7) is 0. The Hall–Kier alpha value is -1.72. The molecule has 0 heterocycles. The summed E-state index contributed by atoms with van der Waals surface area (Å²) in [6, 6.07) is 11.0. The lowest BCUT2D eigenvalue weighted by Crippen LogP contribution is -1.97. The second kappa shape index (κ2) is 5.11. The van der Waals surface area contributed by atoms with Crippen LogP contribution in [-0.4, -0.2) is 14.7 Å². The number of nitrogens with two attached hydrogens (primary N) is 1. The Bertz CT molecular complexity index is 696. The maximum Gasteiger partial charge on any atom is 0.175 e. The Balaban J connectivity index is 2.25. The number of sulfone groups is 1. The smallest absolute Gasteiger partial charge is 0.175 e. The SMILES string of the molecule is CS(=O)(=O)c1ccc(Oc2ccc(Cl)cc2N)cc1. The van der Waals surface area contributed by atoms with Gasteiger partial charge in [-0.05, 0) is 42.5 Å². The van der Waals surface area contributed by atoms with Gasteiger partial charge in [0, 0.05) is 11.3 Å². The molecule has 0 aliphatic heterocycles. The standard InChI is InChI=1S/C13H12ClNO3S/c1-19(16,17)11-5-3-10(4-6-11)18-13-7-2-9(14)8-12(13)15/h2-8H,15H2,1H3. The van der Waals surface area contributed by atoms with Crippen LogP contribution in [0.4, 0.5) is 5.69 Å². The van der Waals surface area contributed by atoms with Crippen LogP contribution in [0.2, 0.25) is 5.02 Å². The normalized spacial score (nSPS) is 11.3. The number of hydrogen-bond donors (Lipinski definition) is 1. The Morgan fingerprint density at radius 2 is 1.74 bits per heavy atom. The predicted molar refractivity (Wildman–Crippen MR) is 75.5 cm³/mol. The summed E-state index contributed by atoms with van der Waals surface area (Å²) in [5.74, 6) is 0.970. The van der Waals surface area contributed by atoms with Crippen molar-refractivity contribution in [1.82, 2.24) is 0 Å². The first-order valence-corrected chi connectivity index (χ1v) is 7.66. The van der Waals surface area contributed by atoms with Crippen molar-refractivity contribution in [3.05, 3.63) is 47.5 Å². The van der Waals surface area contributed by atoms with Crippen LogP contribution in [0.5, 0.6) is 11.5 Å². The van der Waals surface area contributed by atoms with Crippen molar-refractivity contribution < 1.29 is 13.2 Å². The van der Waals surface area contributed by atoms with Crippen LogP contribution in [0.25, 0.3) is 0 Å². The van der Waals surface area contributed by atoms with Gasteiger partial charge < -0.3 is 10.5 Å². The highest BCUT2D eigenvalue weighted by atomic mass is 35.5. The van der Waals surface area contributed by atoms with E-state index in [-0.39, 0.29) is 4.90 Å². The lowest BCUT2D eigenvalue weighted by Gasteiger charge is -2.09. The molecule has 2 rings (SSSR count). The van der Waals surface area contributed by atoms with Crippen LogP contribution in [0.15, 0.2) is 47.4 Å². The van der Waals surface area contributed by atoms with E-state index in [0.717, 1.165) is 6.26 Å². The molecule has 0 unspecified atom stereocenters. The van der Waals surface area contributed by atoms with Crippen LogP contribution >= 0.6 is 11.6 Å². The zero-order chi connectivity index (χ0) is 14.0. The maximum atomic E-state index is 11.3. The molecule has 0 fully saturated rings. The highest BCUT2D eigenvalue weighted by molar-refractivity contribution is 7.90. The number of ether oxygens (including phenoxy) is 1. The van der Waals surface area contributed by atoms with Gasteiger partial charge >= 0.3 is 0 Å². The van der Waals surface area contributed by atoms with Crippen molar-refractivity contribution in [3.63, 3.8) is 0 Å². The van der Waals surface area contributed by atoms with Gasteiger partial charge in [0.05, 0.1) is 10.6 Å². The zero-order valence-electron chi connectivity index (χ0n) is 10.1. The number of rotatable bonds is 3. The van der Waals surface area contributed by atoms with Gasteiger partial charge in [0.25, 0.3) is 0 Å². The fourth-order valence-corrected chi connectivity index (χ4v) is 2.31. The van der Waals surface area contributed by atoms with Gasteiger partial charge in [-0.2, -0.15) is 0 Å². The molecule has 2 N–H and O–H groups in total. The number of benzene rings is 2. The molecule has 2 aromatic rings. The van der Waals surface area contributed by atoms with E-state index >= 15 is 0 Å². The van der Waals surface area contributed by atoms with E-state index in [2.05, 4.69) is 0 Å². The van der Waals surface area contributed by atoms with E-state index in [4.69, 9.17) is 22.1 Å². The molecule has 0 saturated heterocycles. The summed E-state index contributed by atoms with van der Waals surface area (Å²) in [4.78, 5) is 0.240. The van der Waals surface area contributed by atoms with Crippen molar-refractivity contribution >= 4 is 27.1 Å². The number of anilines is 1. The first-order chi connectivity index (χ1) is 8.86. The Labute approximate surface area is 116 Å². The fourth-order valence-electron chi connectivity index (χ4n) is 1.49. The second-order valence-electron chi connectivity index (χ2n) is 4.03. The molecule has 19 heavy (non-hydrogen) atoms. The van der Waals surface area contributed by atoms with Crippen LogP contribution in [0.1, 0.15) is 0 Å². The third-order valence-corrected chi connectivity index (χ3v) is 3.82. The van der Waals surface area contributed by atoms with Crippen LogP contribution in [-0.2, 0) is 9.84 Å². The van der Waals surface area contributed by atoms with Gasteiger partial charge in [-0.15, -0.1) is 0 Å². The second-order valence-corrected chi connectivity index (χ2v) is 6.48. The monoisotopic (exact) mass is 297 g/mol. The fraction of sp³-hybridized carbons (Fsp3) is 0.0769. The van der Waals surface area contributed by atoms with E-state index in [1.54, 1.807) is 30.3 Å². The summed E-state index contributed by atoms with van der Waals surface area (Å²) in [5.41, 5.74) is 6.18. The molecule has 0 radical (unpaired) electrons. The van der Waals surface area contributed by atoms with Crippen molar-refractivity contribution in [2.45, 2.75) is 4.90 Å². The molecule has 6 heteroatoms. The lowest BCUT2D eigenvalue weighted by molar-refractivity contribution is 0.484. The number of hydrogen-bond acceptors (Lipinski definition) is 4. The van der Waals surface area contributed by atoms with Crippen molar-refractivity contribution in [3.8, 4) is 11.5 Å². The molecule has 0 saturated carbocycles. The number of halogens is 1. The topological polar surface area (TPSA) is 69.4 Å². The van der Waals surface area contributed by atoms with Gasteiger partial charge in [-0.1, -0.05) is 11.6 Å². The van der Waals surface area contributed by atoms with Crippen molar-refractivity contribution in [2.24, 2.45) is 0 Å². The molecular weight excluding hydrogens is 286 g/mol. The highest BCUT2D eigenvalue weighted by Crippen LogP contribution is 2.30. The summed E-state index contributed by atoms with van der Waals surface area (Å²) >= 11 is 5.79. The first-order valence-electron chi connectivity index (χ1n) is 5.39. The van der Waals surface area contributed by atoms with Crippen molar-refractivity contribution in [1.29, 1.82) is 0 Å². The Morgan fingerprint density at radius 1 is 1.11 bits per heavy atom. The number of nitrogen functional groups attached to an aromatic ring is 1. The van der Waals surface area contributed by atoms with Crippen molar-refractivity contribution in [2.75, 3.05) is 12.0 Å². The average Bonchev–Trinajstić information content (AvgIpc) is 2.32. The molecule has 0 aromatic heterocycles. The van der Waals surface area contributed by atoms with Gasteiger partial charge in [-0.3, -0.25) is 0 Å². The van der Waals surface area contributed by atoms with E-state index in [1.165, 1.54) is 12.1 Å². The third-order valence-electron chi connectivity index (χ3n) is 2.45. The summed E-state index contributed by atoms with van der Waals surface area (Å²) in [6.07, 6.45) is 1.15.